The van der Waals surface area contributed by atoms with Crippen LogP contribution in [0, 0.1) is 5.92 Å². The zero-order chi connectivity index (χ0) is 14.4. The fraction of sp³-hybridized carbons (Fsp3) is 0.368. The summed E-state index contributed by atoms with van der Waals surface area (Å²) in [6, 6.07) is 14.8. The lowest BCUT2D eigenvalue weighted by Gasteiger charge is -2.34. The first-order valence-corrected chi connectivity index (χ1v) is 7.89. The summed E-state index contributed by atoms with van der Waals surface area (Å²) in [5.74, 6) is 0.394. The molecule has 2 aromatic rings. The standard InChI is InChI=1S/C19H21NO.ClH/c20-18(19(21)12-5-3-6-12)14-8-9-17-15(11-14)10-13-4-1-2-7-16(13)17;/h1-2,4,7-9,11-12,18-19,21H,3,5-6,10,20H2;1H/t18-,19+;/m1./s1. The van der Waals surface area contributed by atoms with E-state index >= 15 is 0 Å². The molecular formula is C19H22ClNO. The van der Waals surface area contributed by atoms with Crippen molar-refractivity contribution in [3.05, 3.63) is 59.2 Å². The number of nitrogens with two attached hydrogens (primary N) is 1. The van der Waals surface area contributed by atoms with Crippen molar-refractivity contribution in [1.82, 2.24) is 0 Å². The van der Waals surface area contributed by atoms with E-state index in [4.69, 9.17) is 5.73 Å². The molecule has 1 fully saturated rings. The van der Waals surface area contributed by atoms with Crippen molar-refractivity contribution >= 4 is 12.4 Å². The molecule has 2 nitrogen and oxygen atoms in total. The summed E-state index contributed by atoms with van der Waals surface area (Å²) in [5.41, 5.74) is 12.8. The Morgan fingerprint density at radius 1 is 1.00 bits per heavy atom. The Labute approximate surface area is 137 Å². The summed E-state index contributed by atoms with van der Waals surface area (Å²) >= 11 is 0. The van der Waals surface area contributed by atoms with E-state index in [0.29, 0.717) is 5.92 Å². The van der Waals surface area contributed by atoms with Gasteiger partial charge < -0.3 is 10.8 Å². The Hall–Kier alpha value is -1.35. The maximum Gasteiger partial charge on any atom is 0.0760 e. The van der Waals surface area contributed by atoms with Crippen LogP contribution in [-0.4, -0.2) is 11.2 Å². The third kappa shape index (κ3) is 2.45. The van der Waals surface area contributed by atoms with Crippen molar-refractivity contribution < 1.29 is 5.11 Å². The SMILES string of the molecule is Cl.N[C@H](c1ccc2c(c1)Cc1ccccc1-2)[C@@H](O)C1CCC1. The average Bonchev–Trinajstić information content (AvgIpc) is 2.82. The van der Waals surface area contributed by atoms with E-state index in [-0.39, 0.29) is 18.4 Å². The van der Waals surface area contributed by atoms with E-state index in [9.17, 15) is 5.11 Å². The summed E-state index contributed by atoms with van der Waals surface area (Å²) in [4.78, 5) is 0. The van der Waals surface area contributed by atoms with E-state index < -0.39 is 6.10 Å². The third-order valence-corrected chi connectivity index (χ3v) is 5.20. The van der Waals surface area contributed by atoms with Crippen LogP contribution in [0.2, 0.25) is 0 Å². The highest BCUT2D eigenvalue weighted by molar-refractivity contribution is 5.85. The highest BCUT2D eigenvalue weighted by atomic mass is 35.5. The molecule has 22 heavy (non-hydrogen) atoms. The van der Waals surface area contributed by atoms with Crippen LogP contribution in [0.4, 0.5) is 0 Å². The molecule has 2 aromatic carbocycles. The Kier molecular flexibility index (Phi) is 4.26. The Morgan fingerprint density at radius 3 is 2.45 bits per heavy atom. The van der Waals surface area contributed by atoms with Crippen LogP contribution >= 0.6 is 12.4 Å². The Morgan fingerprint density at radius 2 is 1.73 bits per heavy atom. The van der Waals surface area contributed by atoms with Gasteiger partial charge >= 0.3 is 0 Å². The lowest BCUT2D eigenvalue weighted by atomic mass is 9.77. The number of hydrogen-bond acceptors (Lipinski definition) is 2. The molecule has 0 bridgehead atoms. The molecular weight excluding hydrogens is 294 g/mol. The van der Waals surface area contributed by atoms with E-state index in [1.54, 1.807) is 0 Å². The van der Waals surface area contributed by atoms with Gasteiger partial charge in [0.2, 0.25) is 0 Å². The first kappa shape index (κ1) is 15.5. The first-order valence-electron chi connectivity index (χ1n) is 7.89. The monoisotopic (exact) mass is 315 g/mol. The van der Waals surface area contributed by atoms with Crippen molar-refractivity contribution in [1.29, 1.82) is 0 Å². The minimum atomic E-state index is -0.402. The summed E-state index contributed by atoms with van der Waals surface area (Å²) in [6.07, 6.45) is 4.04. The largest absolute Gasteiger partial charge is 0.391 e. The number of fused-ring (bicyclic) bond motifs is 3. The fourth-order valence-corrected chi connectivity index (χ4v) is 3.64. The normalized spacial score (nSPS) is 18.6. The van der Waals surface area contributed by atoms with E-state index in [1.165, 1.54) is 28.7 Å². The Bertz CT molecular complexity index is 681. The molecule has 2 atom stereocenters. The molecule has 0 spiro atoms. The molecule has 0 saturated heterocycles. The van der Waals surface area contributed by atoms with Crippen molar-refractivity contribution in [3.8, 4) is 11.1 Å². The van der Waals surface area contributed by atoms with Gasteiger partial charge in [-0.05, 0) is 53.0 Å². The predicted molar refractivity (Wildman–Crippen MR) is 92.2 cm³/mol. The third-order valence-electron chi connectivity index (χ3n) is 5.20. The summed E-state index contributed by atoms with van der Waals surface area (Å²) in [5, 5.41) is 10.4. The summed E-state index contributed by atoms with van der Waals surface area (Å²) in [6.45, 7) is 0. The van der Waals surface area contributed by atoms with Gasteiger partial charge in [-0.1, -0.05) is 48.9 Å². The van der Waals surface area contributed by atoms with Gasteiger partial charge in [-0.15, -0.1) is 12.4 Å². The average molecular weight is 316 g/mol. The molecule has 0 amide bonds. The molecule has 4 rings (SSSR count). The van der Waals surface area contributed by atoms with Gasteiger partial charge in [0.15, 0.2) is 0 Å². The summed E-state index contributed by atoms with van der Waals surface area (Å²) < 4.78 is 0. The van der Waals surface area contributed by atoms with Crippen LogP contribution in [-0.2, 0) is 6.42 Å². The van der Waals surface area contributed by atoms with Crippen LogP contribution in [0.3, 0.4) is 0 Å². The smallest absolute Gasteiger partial charge is 0.0760 e. The Balaban J connectivity index is 0.00000144. The molecule has 3 N–H and O–H groups in total. The molecule has 0 aliphatic heterocycles. The first-order chi connectivity index (χ1) is 10.2. The second kappa shape index (κ2) is 6.04. The summed E-state index contributed by atoms with van der Waals surface area (Å²) in [7, 11) is 0. The molecule has 0 radical (unpaired) electrons. The zero-order valence-electron chi connectivity index (χ0n) is 12.5. The molecule has 116 valence electrons. The van der Waals surface area contributed by atoms with Crippen LogP contribution in [0.5, 0.6) is 0 Å². The molecule has 0 aromatic heterocycles. The van der Waals surface area contributed by atoms with Crippen LogP contribution in [0.15, 0.2) is 42.5 Å². The lowest BCUT2D eigenvalue weighted by molar-refractivity contribution is 0.0413. The van der Waals surface area contributed by atoms with E-state index in [0.717, 1.165) is 24.8 Å². The molecule has 0 heterocycles. The van der Waals surface area contributed by atoms with Crippen LogP contribution in [0.25, 0.3) is 11.1 Å². The van der Waals surface area contributed by atoms with Gasteiger partial charge in [-0.2, -0.15) is 0 Å². The lowest BCUT2D eigenvalue weighted by Crippen LogP contribution is -2.36. The maximum atomic E-state index is 10.4. The van der Waals surface area contributed by atoms with Crippen LogP contribution in [0.1, 0.15) is 42.0 Å². The van der Waals surface area contributed by atoms with Gasteiger partial charge in [0.1, 0.15) is 0 Å². The van der Waals surface area contributed by atoms with Gasteiger partial charge in [-0.25, -0.2) is 0 Å². The van der Waals surface area contributed by atoms with Gasteiger partial charge in [0.25, 0.3) is 0 Å². The highest BCUT2D eigenvalue weighted by Gasteiger charge is 2.31. The fourth-order valence-electron chi connectivity index (χ4n) is 3.64. The minimum Gasteiger partial charge on any atom is -0.391 e. The van der Waals surface area contributed by atoms with Gasteiger partial charge in [-0.3, -0.25) is 0 Å². The molecule has 2 aliphatic rings. The highest BCUT2D eigenvalue weighted by Crippen LogP contribution is 2.39. The van der Waals surface area contributed by atoms with Crippen molar-refractivity contribution in [2.45, 2.75) is 37.8 Å². The quantitative estimate of drug-likeness (QED) is 0.771. The maximum absolute atomic E-state index is 10.4. The van der Waals surface area contributed by atoms with Gasteiger partial charge in [0.05, 0.1) is 12.1 Å². The second-order valence-electron chi connectivity index (χ2n) is 6.46. The minimum absolute atomic E-state index is 0. The number of hydrogen-bond donors (Lipinski definition) is 2. The number of halogens is 1. The van der Waals surface area contributed by atoms with Gasteiger partial charge in [0, 0.05) is 0 Å². The second-order valence-corrected chi connectivity index (χ2v) is 6.46. The number of aliphatic hydroxyl groups is 1. The van der Waals surface area contributed by atoms with Crippen molar-refractivity contribution in [3.63, 3.8) is 0 Å². The number of benzene rings is 2. The van der Waals surface area contributed by atoms with Crippen molar-refractivity contribution in [2.24, 2.45) is 11.7 Å². The van der Waals surface area contributed by atoms with Crippen molar-refractivity contribution in [2.75, 3.05) is 0 Å². The number of aliphatic hydroxyl groups excluding tert-OH is 1. The molecule has 0 unspecified atom stereocenters. The number of rotatable bonds is 3. The van der Waals surface area contributed by atoms with E-state index in [2.05, 4.69) is 42.5 Å². The topological polar surface area (TPSA) is 46.2 Å². The van der Waals surface area contributed by atoms with Crippen LogP contribution < -0.4 is 5.73 Å². The molecule has 1 saturated carbocycles. The van der Waals surface area contributed by atoms with E-state index in [1.807, 2.05) is 0 Å². The zero-order valence-corrected chi connectivity index (χ0v) is 13.4. The predicted octanol–water partition coefficient (Wildman–Crippen LogP) is 3.84. The molecule has 2 aliphatic carbocycles. The molecule has 3 heteroatoms.